The van der Waals surface area contributed by atoms with Crippen molar-refractivity contribution < 1.29 is 14.2 Å². The van der Waals surface area contributed by atoms with Crippen LogP contribution in [0.25, 0.3) is 0 Å². The van der Waals surface area contributed by atoms with Crippen molar-refractivity contribution in [3.63, 3.8) is 0 Å². The highest BCUT2D eigenvalue weighted by molar-refractivity contribution is 5.29. The summed E-state index contributed by atoms with van der Waals surface area (Å²) in [5.74, 6) is 0.882. The molecule has 4 heteroatoms. The number of nitrogens with two attached hydrogens (primary N) is 1. The van der Waals surface area contributed by atoms with E-state index in [0.29, 0.717) is 19.8 Å². The van der Waals surface area contributed by atoms with Crippen molar-refractivity contribution in [1.29, 1.82) is 0 Å². The fraction of sp³-hybridized carbons (Fsp3) is 0.647. The number of benzene rings is 1. The predicted molar refractivity (Wildman–Crippen MR) is 85.7 cm³/mol. The molecule has 1 aromatic carbocycles. The van der Waals surface area contributed by atoms with Gasteiger partial charge in [0.2, 0.25) is 0 Å². The first kappa shape index (κ1) is 18.0. The zero-order valence-corrected chi connectivity index (χ0v) is 13.7. The van der Waals surface area contributed by atoms with Crippen LogP contribution < -0.4 is 10.5 Å². The van der Waals surface area contributed by atoms with Gasteiger partial charge in [-0.1, -0.05) is 19.1 Å². The van der Waals surface area contributed by atoms with Crippen LogP contribution in [0.5, 0.6) is 5.75 Å². The average molecular weight is 295 g/mol. The molecule has 0 aromatic heterocycles. The van der Waals surface area contributed by atoms with E-state index in [1.807, 2.05) is 45.0 Å². The van der Waals surface area contributed by atoms with Gasteiger partial charge in [0.25, 0.3) is 0 Å². The summed E-state index contributed by atoms with van der Waals surface area (Å²) in [5.41, 5.74) is 7.03. The Morgan fingerprint density at radius 2 is 1.71 bits per heavy atom. The van der Waals surface area contributed by atoms with Gasteiger partial charge in [-0.3, -0.25) is 0 Å². The fourth-order valence-electron chi connectivity index (χ4n) is 1.74. The molecule has 1 rings (SSSR count). The summed E-state index contributed by atoms with van der Waals surface area (Å²) in [6.07, 6.45) is 1.01. The topological polar surface area (TPSA) is 53.7 Å². The highest BCUT2D eigenvalue weighted by Crippen LogP contribution is 2.17. The van der Waals surface area contributed by atoms with Crippen LogP contribution in [0, 0.1) is 0 Å². The summed E-state index contributed by atoms with van der Waals surface area (Å²) >= 11 is 0. The highest BCUT2D eigenvalue weighted by Gasteiger charge is 2.10. The van der Waals surface area contributed by atoms with Crippen molar-refractivity contribution in [3.8, 4) is 5.75 Å². The van der Waals surface area contributed by atoms with E-state index >= 15 is 0 Å². The third-order valence-corrected chi connectivity index (χ3v) is 2.84. The van der Waals surface area contributed by atoms with Crippen LogP contribution in [-0.2, 0) is 9.47 Å². The van der Waals surface area contributed by atoms with E-state index in [4.69, 9.17) is 19.9 Å². The molecule has 0 bridgehead atoms. The number of hydrogen-bond acceptors (Lipinski definition) is 4. The van der Waals surface area contributed by atoms with Gasteiger partial charge in [0.1, 0.15) is 5.75 Å². The Morgan fingerprint density at radius 1 is 1.05 bits per heavy atom. The normalized spacial score (nSPS) is 13.2. The fourth-order valence-corrected chi connectivity index (χ4v) is 1.74. The minimum atomic E-state index is -0.125. The third kappa shape index (κ3) is 8.05. The minimum absolute atomic E-state index is 0.125. The molecule has 0 amide bonds. The van der Waals surface area contributed by atoms with Gasteiger partial charge in [0.15, 0.2) is 0 Å². The number of hydrogen-bond donors (Lipinski definition) is 1. The molecule has 0 spiro atoms. The molecule has 0 fully saturated rings. The smallest absolute Gasteiger partial charge is 0.119 e. The van der Waals surface area contributed by atoms with Crippen LogP contribution in [0.2, 0.25) is 0 Å². The molecule has 21 heavy (non-hydrogen) atoms. The van der Waals surface area contributed by atoms with Crippen LogP contribution in [0.3, 0.4) is 0 Å². The van der Waals surface area contributed by atoms with E-state index in [2.05, 4.69) is 6.92 Å². The van der Waals surface area contributed by atoms with Crippen LogP contribution >= 0.6 is 0 Å². The second-order valence-corrected chi connectivity index (χ2v) is 6.06. The molecule has 1 aromatic rings. The Bertz CT molecular complexity index is 384. The maximum atomic E-state index is 6.11. The molecular formula is C17H29NO3. The van der Waals surface area contributed by atoms with Crippen LogP contribution in [-0.4, -0.2) is 32.0 Å². The molecule has 0 heterocycles. The first-order valence-corrected chi connectivity index (χ1v) is 7.62. The zero-order valence-electron chi connectivity index (χ0n) is 13.7. The molecule has 0 aliphatic carbocycles. The molecule has 0 saturated heterocycles. The molecule has 0 aliphatic heterocycles. The lowest BCUT2D eigenvalue weighted by Crippen LogP contribution is -2.23. The van der Waals surface area contributed by atoms with E-state index < -0.39 is 0 Å². The lowest BCUT2D eigenvalue weighted by Gasteiger charge is -2.20. The number of rotatable bonds is 9. The quantitative estimate of drug-likeness (QED) is 0.710. The SMILES string of the molecule is CCCOc1ccc(C(N)COCCOC(C)(C)C)cc1. The Kier molecular flexibility index (Phi) is 7.72. The molecule has 1 unspecified atom stereocenters. The van der Waals surface area contributed by atoms with Gasteiger partial charge in [0.05, 0.1) is 38.1 Å². The van der Waals surface area contributed by atoms with Crippen molar-refractivity contribution >= 4 is 0 Å². The van der Waals surface area contributed by atoms with Crippen molar-refractivity contribution in [3.05, 3.63) is 29.8 Å². The Labute approximate surface area is 128 Å². The zero-order chi connectivity index (χ0) is 15.7. The summed E-state index contributed by atoms with van der Waals surface area (Å²) in [6.45, 7) is 10.5. The molecule has 2 N–H and O–H groups in total. The summed E-state index contributed by atoms with van der Waals surface area (Å²) in [7, 11) is 0. The maximum absolute atomic E-state index is 6.11. The lowest BCUT2D eigenvalue weighted by atomic mass is 10.1. The second kappa shape index (κ2) is 9.03. The van der Waals surface area contributed by atoms with Gasteiger partial charge in [-0.15, -0.1) is 0 Å². The van der Waals surface area contributed by atoms with Crippen molar-refractivity contribution in [2.45, 2.75) is 45.8 Å². The average Bonchev–Trinajstić information content (AvgIpc) is 2.44. The van der Waals surface area contributed by atoms with E-state index in [0.717, 1.165) is 24.3 Å². The number of ether oxygens (including phenoxy) is 3. The minimum Gasteiger partial charge on any atom is -0.494 e. The molecule has 1 atom stereocenters. The summed E-state index contributed by atoms with van der Waals surface area (Å²) in [6, 6.07) is 7.76. The predicted octanol–water partition coefficient (Wildman–Crippen LogP) is 3.31. The Hall–Kier alpha value is -1.10. The molecule has 4 nitrogen and oxygen atoms in total. The molecular weight excluding hydrogens is 266 g/mol. The van der Waals surface area contributed by atoms with Gasteiger partial charge < -0.3 is 19.9 Å². The first-order chi connectivity index (χ1) is 9.92. The molecule has 0 radical (unpaired) electrons. The van der Waals surface area contributed by atoms with Crippen molar-refractivity contribution in [2.24, 2.45) is 5.73 Å². The van der Waals surface area contributed by atoms with Crippen molar-refractivity contribution in [2.75, 3.05) is 26.4 Å². The van der Waals surface area contributed by atoms with E-state index in [-0.39, 0.29) is 11.6 Å². The first-order valence-electron chi connectivity index (χ1n) is 7.62. The van der Waals surface area contributed by atoms with Gasteiger partial charge in [-0.2, -0.15) is 0 Å². The summed E-state index contributed by atoms with van der Waals surface area (Å²) < 4.78 is 16.7. The van der Waals surface area contributed by atoms with Crippen LogP contribution in [0.15, 0.2) is 24.3 Å². The van der Waals surface area contributed by atoms with Crippen molar-refractivity contribution in [1.82, 2.24) is 0 Å². The van der Waals surface area contributed by atoms with Gasteiger partial charge in [-0.05, 0) is 44.9 Å². The Balaban J connectivity index is 2.27. The summed E-state index contributed by atoms with van der Waals surface area (Å²) in [5, 5.41) is 0. The molecule has 0 aliphatic rings. The maximum Gasteiger partial charge on any atom is 0.119 e. The summed E-state index contributed by atoms with van der Waals surface area (Å²) in [4.78, 5) is 0. The van der Waals surface area contributed by atoms with E-state index in [1.54, 1.807) is 0 Å². The van der Waals surface area contributed by atoms with E-state index in [9.17, 15) is 0 Å². The highest BCUT2D eigenvalue weighted by atomic mass is 16.5. The van der Waals surface area contributed by atoms with Gasteiger partial charge in [-0.25, -0.2) is 0 Å². The van der Waals surface area contributed by atoms with E-state index in [1.165, 1.54) is 0 Å². The molecule has 120 valence electrons. The molecule has 0 saturated carbocycles. The largest absolute Gasteiger partial charge is 0.494 e. The second-order valence-electron chi connectivity index (χ2n) is 6.06. The third-order valence-electron chi connectivity index (χ3n) is 2.84. The van der Waals surface area contributed by atoms with Gasteiger partial charge in [0, 0.05) is 0 Å². The monoisotopic (exact) mass is 295 g/mol. The van der Waals surface area contributed by atoms with Crippen LogP contribution in [0.1, 0.15) is 45.7 Å². The standard InChI is InChI=1S/C17H29NO3/c1-5-10-20-15-8-6-14(7-9-15)16(18)13-19-11-12-21-17(2,3)4/h6-9,16H,5,10-13,18H2,1-4H3. The van der Waals surface area contributed by atoms with Crippen LogP contribution in [0.4, 0.5) is 0 Å². The Morgan fingerprint density at radius 3 is 2.29 bits per heavy atom. The van der Waals surface area contributed by atoms with Gasteiger partial charge >= 0.3 is 0 Å². The lowest BCUT2D eigenvalue weighted by molar-refractivity contribution is -0.0363.